The summed E-state index contributed by atoms with van der Waals surface area (Å²) in [5.41, 5.74) is -14.1. The van der Waals surface area contributed by atoms with Gasteiger partial charge in [-0.15, -0.1) is 0 Å². The Labute approximate surface area is 184 Å². The van der Waals surface area contributed by atoms with Gasteiger partial charge in [0.05, 0.1) is 13.2 Å². The summed E-state index contributed by atoms with van der Waals surface area (Å²) >= 11 is 0. The van der Waals surface area contributed by atoms with Gasteiger partial charge in [0, 0.05) is 12.0 Å². The highest BCUT2D eigenvalue weighted by Gasteiger charge is 2.72. The van der Waals surface area contributed by atoms with E-state index in [0.29, 0.717) is 0 Å². The van der Waals surface area contributed by atoms with E-state index in [1.807, 2.05) is 0 Å². The van der Waals surface area contributed by atoms with Crippen molar-refractivity contribution in [2.75, 3.05) is 0 Å². The third-order valence-electron chi connectivity index (χ3n) is 4.65. The smallest absolute Gasteiger partial charge is 0.240 e. The fourth-order valence-electron chi connectivity index (χ4n) is 2.85. The summed E-state index contributed by atoms with van der Waals surface area (Å²) in [6, 6.07) is 0. The van der Waals surface area contributed by atoms with Crippen molar-refractivity contribution in [2.45, 2.75) is 75.3 Å². The zero-order chi connectivity index (χ0) is 26.9. The van der Waals surface area contributed by atoms with Crippen LogP contribution in [0.1, 0.15) is 44.1 Å². The Hall–Kier alpha value is -1.40. The summed E-state index contributed by atoms with van der Waals surface area (Å²) in [4.78, 5) is 0. The van der Waals surface area contributed by atoms with Gasteiger partial charge in [-0.2, -0.15) is 43.9 Å². The van der Waals surface area contributed by atoms with E-state index in [0.717, 1.165) is 0 Å². The first-order valence-electron chi connectivity index (χ1n) is 9.34. The highest BCUT2D eigenvalue weighted by atomic mass is 31.1. The molecule has 0 N–H and O–H groups in total. The summed E-state index contributed by atoms with van der Waals surface area (Å²) in [6.07, 6.45) is -19.9. The Kier molecular flexibility index (Phi) is 9.63. The van der Waals surface area contributed by atoms with Crippen LogP contribution in [-0.4, -0.2) is 29.9 Å². The van der Waals surface area contributed by atoms with Crippen LogP contribution in [0.15, 0.2) is 0 Å². The second-order valence-corrected chi connectivity index (χ2v) is 9.50. The Morgan fingerprint density at radius 3 is 1.65 bits per heavy atom. The summed E-state index contributed by atoms with van der Waals surface area (Å²) in [6.45, 7) is 0.252. The second kappa shape index (κ2) is 10.7. The minimum atomic E-state index is -6.89. The molecule has 0 bridgehead atoms. The van der Waals surface area contributed by atoms with Gasteiger partial charge in [-0.05, 0) is 19.8 Å². The van der Waals surface area contributed by atoms with Crippen LogP contribution in [0.5, 0.6) is 0 Å². The first kappa shape index (κ1) is 30.6. The van der Waals surface area contributed by atoms with Crippen LogP contribution < -0.4 is 5.30 Å². The van der Waals surface area contributed by atoms with E-state index in [9.17, 15) is 65.9 Å². The van der Waals surface area contributed by atoms with Gasteiger partial charge in [0.2, 0.25) is 0 Å². The normalized spacial score (nSPS) is 15.5. The number of hydrogen-bond donors (Lipinski definition) is 0. The van der Waals surface area contributed by atoms with Crippen LogP contribution in [0.25, 0.3) is 0 Å². The summed E-state index contributed by atoms with van der Waals surface area (Å²) in [7, 11) is -5.87. The lowest BCUT2D eigenvalue weighted by Crippen LogP contribution is -2.47. The van der Waals surface area contributed by atoms with E-state index >= 15 is 0 Å². The van der Waals surface area contributed by atoms with Gasteiger partial charge in [-0.1, -0.05) is 19.3 Å². The highest BCUT2D eigenvalue weighted by Crippen LogP contribution is 2.69. The number of benzene rings is 1. The molecule has 2 unspecified atom stereocenters. The van der Waals surface area contributed by atoms with Crippen molar-refractivity contribution in [1.29, 1.82) is 0 Å². The van der Waals surface area contributed by atoms with Gasteiger partial charge in [-0.3, -0.25) is 0 Å². The van der Waals surface area contributed by atoms with Gasteiger partial charge in [0.1, 0.15) is 5.82 Å². The zero-order valence-corrected chi connectivity index (χ0v) is 17.8. The Bertz CT molecular complexity index is 814. The molecule has 1 aromatic rings. The van der Waals surface area contributed by atoms with Gasteiger partial charge in [0.25, 0.3) is 0 Å². The molecule has 0 aliphatic rings. The topological polar surface area (TPSA) is 0 Å². The van der Waals surface area contributed by atoms with Crippen molar-refractivity contribution < 1.29 is 65.9 Å². The molecular formula is C18H16F15P. The maximum absolute atomic E-state index is 14.6. The minimum absolute atomic E-state index is 0.252. The van der Waals surface area contributed by atoms with Crippen molar-refractivity contribution in [1.82, 2.24) is 0 Å². The van der Waals surface area contributed by atoms with Crippen LogP contribution in [0.4, 0.5) is 65.9 Å². The van der Waals surface area contributed by atoms with Crippen LogP contribution >= 0.6 is 7.92 Å². The summed E-state index contributed by atoms with van der Waals surface area (Å²) < 4.78 is 202. The van der Waals surface area contributed by atoms with Gasteiger partial charge in [0.15, 0.2) is 23.6 Å². The molecule has 0 aliphatic heterocycles. The predicted molar refractivity (Wildman–Crippen MR) is 92.2 cm³/mol. The van der Waals surface area contributed by atoms with Crippen molar-refractivity contribution in [3.8, 4) is 0 Å². The molecule has 0 spiro atoms. The second-order valence-electron chi connectivity index (χ2n) is 7.23. The molecule has 0 aromatic heterocycles. The van der Waals surface area contributed by atoms with E-state index in [4.69, 9.17) is 0 Å². The number of hydrogen-bond acceptors (Lipinski definition) is 0. The molecule has 0 radical (unpaired) electrons. The van der Waals surface area contributed by atoms with E-state index in [-0.39, 0.29) is 19.8 Å². The molecule has 0 saturated heterocycles. The number of alkyl halides is 11. The van der Waals surface area contributed by atoms with Crippen molar-refractivity contribution in [3.63, 3.8) is 0 Å². The van der Waals surface area contributed by atoms with Crippen LogP contribution in [-0.2, 0) is 0 Å². The monoisotopic (exact) mass is 548 g/mol. The molecule has 0 heterocycles. The van der Waals surface area contributed by atoms with Gasteiger partial charge in [-0.25, -0.2) is 22.0 Å². The molecule has 1 aromatic carbocycles. The third kappa shape index (κ3) is 6.63. The summed E-state index contributed by atoms with van der Waals surface area (Å²) in [5.74, 6) is -10.9. The molecular weight excluding hydrogens is 532 g/mol. The van der Waals surface area contributed by atoms with E-state index in [1.54, 1.807) is 0 Å². The SMILES string of the molecule is Cc1c(F)c(F)c(F)c(P(C(F)(F)C(F)CCCCCCC(F)(F)F)C(F)(F)C(F)(F)F)c1F. The average molecular weight is 548 g/mol. The van der Waals surface area contributed by atoms with Crippen molar-refractivity contribution >= 4 is 13.2 Å². The first-order valence-corrected chi connectivity index (χ1v) is 10.7. The lowest BCUT2D eigenvalue weighted by atomic mass is 10.1. The summed E-state index contributed by atoms with van der Waals surface area (Å²) in [5, 5.41) is -2.83. The van der Waals surface area contributed by atoms with Crippen molar-refractivity contribution in [3.05, 3.63) is 28.8 Å². The minimum Gasteiger partial charge on any atom is -0.240 e. The zero-order valence-electron chi connectivity index (χ0n) is 16.9. The van der Waals surface area contributed by atoms with Crippen molar-refractivity contribution in [2.24, 2.45) is 0 Å². The number of unbranched alkanes of at least 4 members (excludes halogenated alkanes) is 3. The third-order valence-corrected chi connectivity index (χ3v) is 7.18. The average Bonchev–Trinajstić information content (AvgIpc) is 2.68. The maximum Gasteiger partial charge on any atom is 0.458 e. The van der Waals surface area contributed by atoms with Crippen LogP contribution in [0, 0.1) is 30.2 Å². The molecule has 198 valence electrons. The van der Waals surface area contributed by atoms with Gasteiger partial charge < -0.3 is 0 Å². The molecule has 0 aliphatic carbocycles. The fraction of sp³-hybridized carbons (Fsp3) is 0.667. The molecule has 16 heteroatoms. The fourth-order valence-corrected chi connectivity index (χ4v) is 5.13. The first-order chi connectivity index (χ1) is 15.2. The molecule has 0 amide bonds. The molecule has 34 heavy (non-hydrogen) atoms. The number of rotatable bonds is 10. The Balaban J connectivity index is 3.35. The highest BCUT2D eigenvalue weighted by molar-refractivity contribution is 7.68. The standard InChI is InChI=1S/C18H16F15P/c1-8-10(20)12(22)13(23)14(11(8)21)34(18(32,33)17(29,30)31)16(27,28)9(19)6-4-2-3-5-7-15(24,25)26/h9H,2-7H2,1H3. The molecule has 1 rings (SSSR count). The maximum atomic E-state index is 14.6. The lowest BCUT2D eigenvalue weighted by Gasteiger charge is -2.36. The van der Waals surface area contributed by atoms with Gasteiger partial charge >= 0.3 is 23.7 Å². The van der Waals surface area contributed by atoms with E-state index in [2.05, 4.69) is 0 Å². The number of halogens is 15. The molecule has 0 nitrogen and oxygen atoms in total. The van der Waals surface area contributed by atoms with Crippen LogP contribution in [0.3, 0.4) is 0 Å². The molecule has 0 saturated carbocycles. The van der Waals surface area contributed by atoms with E-state index in [1.165, 1.54) is 0 Å². The van der Waals surface area contributed by atoms with E-state index < -0.39 is 97.6 Å². The lowest BCUT2D eigenvalue weighted by molar-refractivity contribution is -0.243. The quantitative estimate of drug-likeness (QED) is 0.0903. The molecule has 2 atom stereocenters. The largest absolute Gasteiger partial charge is 0.458 e. The molecule has 0 fully saturated rings. The Morgan fingerprint density at radius 2 is 1.18 bits per heavy atom. The Morgan fingerprint density at radius 1 is 0.676 bits per heavy atom. The predicted octanol–water partition coefficient (Wildman–Crippen LogP) is 8.65. The van der Waals surface area contributed by atoms with Crippen LogP contribution in [0.2, 0.25) is 0 Å².